The van der Waals surface area contributed by atoms with E-state index in [1.165, 1.54) is 11.3 Å². The molecule has 17 heavy (non-hydrogen) atoms. The molecule has 1 aromatic heterocycles. The Bertz CT molecular complexity index is 374. The van der Waals surface area contributed by atoms with Crippen molar-refractivity contribution in [2.24, 2.45) is 5.92 Å². The summed E-state index contributed by atoms with van der Waals surface area (Å²) in [6.45, 7) is 2.83. The lowest BCUT2D eigenvalue weighted by Crippen LogP contribution is -2.23. The smallest absolute Gasteiger partial charge is 0.220 e. The van der Waals surface area contributed by atoms with Crippen molar-refractivity contribution in [1.82, 2.24) is 10.6 Å². The number of hydrogen-bond acceptors (Lipinski definition) is 3. The van der Waals surface area contributed by atoms with Gasteiger partial charge in [0.25, 0.3) is 0 Å². The van der Waals surface area contributed by atoms with Crippen LogP contribution in [0, 0.1) is 5.92 Å². The normalized spacial score (nSPS) is 19.5. The predicted octanol–water partition coefficient (Wildman–Crippen LogP) is 2.52. The number of thiophene rings is 1. The molecule has 0 saturated carbocycles. The molecule has 1 unspecified atom stereocenters. The molecule has 1 atom stereocenters. The molecule has 0 aliphatic carbocycles. The summed E-state index contributed by atoms with van der Waals surface area (Å²) >= 11 is 5.08. The van der Waals surface area contributed by atoms with Crippen molar-refractivity contribution in [1.29, 1.82) is 0 Å². The third kappa shape index (κ3) is 4.41. The van der Waals surface area contributed by atoms with Crippen LogP contribution in [-0.2, 0) is 11.3 Å². The van der Waals surface area contributed by atoms with Crippen molar-refractivity contribution in [3.8, 4) is 0 Å². The average Bonchev–Trinajstić information content (AvgIpc) is 2.95. The van der Waals surface area contributed by atoms with Crippen LogP contribution in [0.2, 0.25) is 0 Å². The summed E-state index contributed by atoms with van der Waals surface area (Å²) in [6.07, 6.45) is 2.87. The maximum Gasteiger partial charge on any atom is 0.220 e. The number of amides is 1. The molecule has 3 nitrogen and oxygen atoms in total. The SMILES string of the molecule is O=C(CCC1CCNC1)NCc1ccc(Br)s1. The van der Waals surface area contributed by atoms with Crippen LogP contribution in [0.1, 0.15) is 24.1 Å². The summed E-state index contributed by atoms with van der Waals surface area (Å²) < 4.78 is 1.11. The minimum Gasteiger partial charge on any atom is -0.351 e. The van der Waals surface area contributed by atoms with Gasteiger partial charge in [-0.2, -0.15) is 0 Å². The summed E-state index contributed by atoms with van der Waals surface area (Å²) in [5.41, 5.74) is 0. The molecule has 1 saturated heterocycles. The molecule has 2 rings (SSSR count). The first-order chi connectivity index (χ1) is 8.24. The Labute approximate surface area is 114 Å². The molecular weight excluding hydrogens is 300 g/mol. The summed E-state index contributed by atoms with van der Waals surface area (Å²) in [6, 6.07) is 4.05. The second-order valence-corrected chi connectivity index (χ2v) is 6.93. The average molecular weight is 317 g/mol. The van der Waals surface area contributed by atoms with Crippen LogP contribution < -0.4 is 10.6 Å². The third-order valence-electron chi connectivity index (χ3n) is 3.03. The Kier molecular flexibility index (Phi) is 5.00. The fraction of sp³-hybridized carbons (Fsp3) is 0.583. The first-order valence-corrected chi connectivity index (χ1v) is 7.56. The van der Waals surface area contributed by atoms with E-state index in [1.54, 1.807) is 11.3 Å². The van der Waals surface area contributed by atoms with Crippen LogP contribution in [0.5, 0.6) is 0 Å². The van der Waals surface area contributed by atoms with Gasteiger partial charge >= 0.3 is 0 Å². The maximum absolute atomic E-state index is 11.6. The molecular formula is C12H17BrN2OS. The van der Waals surface area contributed by atoms with Crippen LogP contribution in [-0.4, -0.2) is 19.0 Å². The zero-order valence-corrected chi connectivity index (χ0v) is 12.1. The summed E-state index contributed by atoms with van der Waals surface area (Å²) in [7, 11) is 0. The lowest BCUT2D eigenvalue weighted by atomic mass is 10.0. The first kappa shape index (κ1) is 13.1. The van der Waals surface area contributed by atoms with Crippen molar-refractivity contribution in [2.45, 2.75) is 25.8 Å². The standard InChI is InChI=1S/C12H17BrN2OS/c13-11-3-2-10(17-11)8-15-12(16)4-1-9-5-6-14-7-9/h2-3,9,14H,1,4-8H2,(H,15,16). The quantitative estimate of drug-likeness (QED) is 0.876. The fourth-order valence-corrected chi connectivity index (χ4v) is 3.44. The van der Waals surface area contributed by atoms with Crippen molar-refractivity contribution < 1.29 is 4.79 Å². The lowest BCUT2D eigenvalue weighted by molar-refractivity contribution is -0.121. The minimum atomic E-state index is 0.168. The molecule has 0 aromatic carbocycles. The fourth-order valence-electron chi connectivity index (χ4n) is 2.02. The largest absolute Gasteiger partial charge is 0.351 e. The van der Waals surface area contributed by atoms with E-state index in [0.29, 0.717) is 18.9 Å². The van der Waals surface area contributed by atoms with E-state index < -0.39 is 0 Å². The molecule has 2 heterocycles. The summed E-state index contributed by atoms with van der Waals surface area (Å²) in [4.78, 5) is 12.8. The van der Waals surface area contributed by atoms with Crippen molar-refractivity contribution >= 4 is 33.2 Å². The van der Waals surface area contributed by atoms with E-state index >= 15 is 0 Å². The first-order valence-electron chi connectivity index (χ1n) is 5.95. The Hall–Kier alpha value is -0.390. The highest BCUT2D eigenvalue weighted by atomic mass is 79.9. The van der Waals surface area contributed by atoms with Gasteiger partial charge in [-0.1, -0.05) is 0 Å². The number of halogens is 1. The van der Waals surface area contributed by atoms with Gasteiger partial charge in [0.2, 0.25) is 5.91 Å². The van der Waals surface area contributed by atoms with Gasteiger partial charge < -0.3 is 10.6 Å². The molecule has 5 heteroatoms. The van der Waals surface area contributed by atoms with Gasteiger partial charge in [0.15, 0.2) is 0 Å². The lowest BCUT2D eigenvalue weighted by Gasteiger charge is -2.07. The number of carbonyl (C=O) groups excluding carboxylic acids is 1. The summed E-state index contributed by atoms with van der Waals surface area (Å²) in [5.74, 6) is 0.859. The molecule has 94 valence electrons. The second-order valence-electron chi connectivity index (χ2n) is 4.38. The van der Waals surface area contributed by atoms with E-state index in [-0.39, 0.29) is 5.91 Å². The van der Waals surface area contributed by atoms with E-state index in [0.717, 1.165) is 23.3 Å². The van der Waals surface area contributed by atoms with Crippen LogP contribution >= 0.6 is 27.3 Å². The zero-order chi connectivity index (χ0) is 12.1. The van der Waals surface area contributed by atoms with E-state index in [2.05, 4.69) is 26.6 Å². The molecule has 0 bridgehead atoms. The van der Waals surface area contributed by atoms with Gasteiger partial charge in [0, 0.05) is 11.3 Å². The van der Waals surface area contributed by atoms with Gasteiger partial charge in [-0.15, -0.1) is 11.3 Å². The third-order valence-corrected chi connectivity index (χ3v) is 4.65. The van der Waals surface area contributed by atoms with Crippen molar-refractivity contribution in [2.75, 3.05) is 13.1 Å². The van der Waals surface area contributed by atoms with Crippen molar-refractivity contribution in [3.63, 3.8) is 0 Å². The Balaban J connectivity index is 1.63. The molecule has 0 spiro atoms. The van der Waals surface area contributed by atoms with Gasteiger partial charge in [-0.25, -0.2) is 0 Å². The number of nitrogens with one attached hydrogen (secondary N) is 2. The van der Waals surface area contributed by atoms with Crippen LogP contribution in [0.3, 0.4) is 0 Å². The Morgan fingerprint density at radius 3 is 3.12 bits per heavy atom. The van der Waals surface area contributed by atoms with Gasteiger partial charge in [0.05, 0.1) is 10.3 Å². The van der Waals surface area contributed by atoms with Gasteiger partial charge in [0.1, 0.15) is 0 Å². The molecule has 1 amide bonds. The number of hydrogen-bond donors (Lipinski definition) is 2. The highest BCUT2D eigenvalue weighted by Crippen LogP contribution is 2.21. The minimum absolute atomic E-state index is 0.168. The van der Waals surface area contributed by atoms with Crippen LogP contribution in [0.25, 0.3) is 0 Å². The summed E-state index contributed by atoms with van der Waals surface area (Å²) in [5, 5.41) is 6.29. The van der Waals surface area contributed by atoms with E-state index in [4.69, 9.17) is 0 Å². The Morgan fingerprint density at radius 2 is 2.47 bits per heavy atom. The predicted molar refractivity (Wildman–Crippen MR) is 74.1 cm³/mol. The highest BCUT2D eigenvalue weighted by molar-refractivity contribution is 9.11. The van der Waals surface area contributed by atoms with Crippen molar-refractivity contribution in [3.05, 3.63) is 20.8 Å². The van der Waals surface area contributed by atoms with E-state index in [9.17, 15) is 4.79 Å². The highest BCUT2D eigenvalue weighted by Gasteiger charge is 2.15. The molecule has 1 aliphatic rings. The van der Waals surface area contributed by atoms with Crippen LogP contribution in [0.15, 0.2) is 15.9 Å². The molecule has 1 aromatic rings. The zero-order valence-electron chi connectivity index (χ0n) is 9.67. The number of rotatable bonds is 5. The second kappa shape index (κ2) is 6.52. The topological polar surface area (TPSA) is 41.1 Å². The van der Waals surface area contributed by atoms with Gasteiger partial charge in [-0.3, -0.25) is 4.79 Å². The van der Waals surface area contributed by atoms with Gasteiger partial charge in [-0.05, 0) is 59.9 Å². The van der Waals surface area contributed by atoms with E-state index in [1.807, 2.05) is 12.1 Å². The Morgan fingerprint density at radius 1 is 1.59 bits per heavy atom. The molecule has 0 radical (unpaired) electrons. The molecule has 2 N–H and O–H groups in total. The monoisotopic (exact) mass is 316 g/mol. The maximum atomic E-state index is 11.6. The molecule has 1 fully saturated rings. The van der Waals surface area contributed by atoms with Crippen LogP contribution in [0.4, 0.5) is 0 Å². The number of carbonyl (C=O) groups is 1. The molecule has 1 aliphatic heterocycles.